The van der Waals surface area contributed by atoms with E-state index in [2.05, 4.69) is 33.3 Å². The Morgan fingerprint density at radius 3 is 2.72 bits per heavy atom. The third kappa shape index (κ3) is 7.26. The Balaban J connectivity index is 0.00000300. The maximum atomic E-state index is 5.74. The lowest BCUT2D eigenvalue weighted by atomic mass is 10.3. The fraction of sp³-hybridized carbons (Fsp3) is 0.571. The van der Waals surface area contributed by atoms with Crippen molar-refractivity contribution in [3.8, 4) is 5.82 Å². The molecule has 8 heteroatoms. The second-order valence-corrected chi connectivity index (χ2v) is 7.47. The van der Waals surface area contributed by atoms with Crippen LogP contribution in [0.5, 0.6) is 0 Å². The van der Waals surface area contributed by atoms with E-state index < -0.39 is 0 Å². The van der Waals surface area contributed by atoms with E-state index in [4.69, 9.17) is 9.73 Å². The first-order valence-corrected chi connectivity index (χ1v) is 10.1. The first-order valence-electron chi connectivity index (χ1n) is 10.1. The van der Waals surface area contributed by atoms with Gasteiger partial charge in [-0.05, 0) is 57.2 Å². The standard InChI is InChI=1S/C21H32N6O.HI/c1-5-22-21(26(4)10-11-28-15-18-6-7-18)24-14-19-8-9-20(23-13-19)27-17(3)12-16(2)25-27;/h8-9,12-13,18H,5-7,10-11,14-15H2,1-4H3,(H,22,24);1H. The van der Waals surface area contributed by atoms with E-state index in [1.165, 1.54) is 12.8 Å². The van der Waals surface area contributed by atoms with E-state index in [9.17, 15) is 0 Å². The molecule has 0 unspecified atom stereocenters. The average Bonchev–Trinajstić information content (AvgIpc) is 3.45. The predicted octanol–water partition coefficient (Wildman–Crippen LogP) is 3.33. The summed E-state index contributed by atoms with van der Waals surface area (Å²) in [7, 11) is 2.05. The Kier molecular flexibility index (Phi) is 9.35. The Morgan fingerprint density at radius 2 is 2.14 bits per heavy atom. The highest BCUT2D eigenvalue weighted by atomic mass is 127. The van der Waals surface area contributed by atoms with Crippen molar-refractivity contribution in [1.82, 2.24) is 25.0 Å². The van der Waals surface area contributed by atoms with E-state index in [1.54, 1.807) is 0 Å². The fourth-order valence-corrected chi connectivity index (χ4v) is 2.97. The van der Waals surface area contributed by atoms with E-state index in [0.717, 1.165) is 60.9 Å². The van der Waals surface area contributed by atoms with Gasteiger partial charge in [-0.3, -0.25) is 0 Å². The van der Waals surface area contributed by atoms with Crippen molar-refractivity contribution in [1.29, 1.82) is 0 Å². The van der Waals surface area contributed by atoms with Crippen molar-refractivity contribution in [3.63, 3.8) is 0 Å². The largest absolute Gasteiger partial charge is 0.379 e. The molecule has 1 saturated carbocycles. The SMILES string of the molecule is CCNC(=NCc1ccc(-n2nc(C)cc2C)nc1)N(C)CCOCC1CC1.I. The van der Waals surface area contributed by atoms with Crippen LogP contribution < -0.4 is 5.32 Å². The third-order valence-electron chi connectivity index (χ3n) is 4.77. The van der Waals surface area contributed by atoms with Gasteiger partial charge in [-0.15, -0.1) is 24.0 Å². The molecular formula is C21H33IN6O. The fourth-order valence-electron chi connectivity index (χ4n) is 2.97. The van der Waals surface area contributed by atoms with Crippen LogP contribution >= 0.6 is 24.0 Å². The van der Waals surface area contributed by atoms with Gasteiger partial charge in [0.2, 0.25) is 0 Å². The number of hydrogen-bond acceptors (Lipinski definition) is 4. The predicted molar refractivity (Wildman–Crippen MR) is 127 cm³/mol. The second-order valence-electron chi connectivity index (χ2n) is 7.47. The molecule has 0 aromatic carbocycles. The number of halogens is 1. The highest BCUT2D eigenvalue weighted by Gasteiger charge is 2.21. The zero-order valence-corrected chi connectivity index (χ0v) is 20.2. The van der Waals surface area contributed by atoms with Gasteiger partial charge < -0.3 is 15.0 Å². The van der Waals surface area contributed by atoms with E-state index >= 15 is 0 Å². The molecule has 3 rings (SSSR count). The Bertz CT molecular complexity index is 785. The molecule has 7 nitrogen and oxygen atoms in total. The molecule has 2 aromatic heterocycles. The number of hydrogen-bond donors (Lipinski definition) is 1. The lowest BCUT2D eigenvalue weighted by Crippen LogP contribution is -2.40. The minimum absolute atomic E-state index is 0. The highest BCUT2D eigenvalue weighted by molar-refractivity contribution is 14.0. The Hall–Kier alpha value is -1.68. The number of aliphatic imine (C=N–C) groups is 1. The van der Waals surface area contributed by atoms with Crippen LogP contribution in [-0.2, 0) is 11.3 Å². The maximum absolute atomic E-state index is 5.74. The van der Waals surface area contributed by atoms with E-state index in [-0.39, 0.29) is 24.0 Å². The highest BCUT2D eigenvalue weighted by Crippen LogP contribution is 2.28. The van der Waals surface area contributed by atoms with Gasteiger partial charge in [0.05, 0.1) is 18.8 Å². The number of rotatable bonds is 9. The monoisotopic (exact) mass is 512 g/mol. The quantitative estimate of drug-likeness (QED) is 0.242. The first kappa shape index (κ1) is 23.6. The Labute approximate surface area is 191 Å². The van der Waals surface area contributed by atoms with Crippen LogP contribution in [-0.4, -0.2) is 59.0 Å². The number of guanidine groups is 1. The third-order valence-corrected chi connectivity index (χ3v) is 4.77. The molecule has 0 amide bonds. The van der Waals surface area contributed by atoms with E-state index in [0.29, 0.717) is 6.54 Å². The molecule has 1 N–H and O–H groups in total. The zero-order valence-electron chi connectivity index (χ0n) is 17.9. The lowest BCUT2D eigenvalue weighted by molar-refractivity contribution is 0.115. The van der Waals surface area contributed by atoms with Gasteiger partial charge in [-0.1, -0.05) is 6.07 Å². The van der Waals surface area contributed by atoms with Crippen LogP contribution in [0, 0.1) is 19.8 Å². The van der Waals surface area contributed by atoms with Gasteiger partial charge in [0, 0.05) is 38.6 Å². The summed E-state index contributed by atoms with van der Waals surface area (Å²) in [5, 5.41) is 7.83. The summed E-state index contributed by atoms with van der Waals surface area (Å²) in [5.41, 5.74) is 3.14. The molecule has 0 spiro atoms. The summed E-state index contributed by atoms with van der Waals surface area (Å²) in [6.07, 6.45) is 4.52. The Morgan fingerprint density at radius 1 is 1.34 bits per heavy atom. The number of nitrogens with zero attached hydrogens (tertiary/aromatic N) is 5. The summed E-state index contributed by atoms with van der Waals surface area (Å²) in [4.78, 5) is 11.4. The molecule has 29 heavy (non-hydrogen) atoms. The lowest BCUT2D eigenvalue weighted by Gasteiger charge is -2.22. The zero-order chi connectivity index (χ0) is 19.9. The molecule has 1 aliphatic carbocycles. The minimum atomic E-state index is 0. The van der Waals surface area contributed by atoms with Gasteiger partial charge in [-0.2, -0.15) is 5.10 Å². The molecule has 0 aliphatic heterocycles. The van der Waals surface area contributed by atoms with Crippen molar-refractivity contribution >= 4 is 29.9 Å². The topological polar surface area (TPSA) is 67.6 Å². The van der Waals surface area contributed by atoms with E-state index in [1.807, 2.05) is 43.9 Å². The number of aromatic nitrogens is 3. The van der Waals surface area contributed by atoms with Gasteiger partial charge >= 0.3 is 0 Å². The van der Waals surface area contributed by atoms with Crippen molar-refractivity contribution < 1.29 is 4.74 Å². The van der Waals surface area contributed by atoms with Crippen LogP contribution in [0.2, 0.25) is 0 Å². The van der Waals surface area contributed by atoms with Crippen molar-refractivity contribution in [2.24, 2.45) is 10.9 Å². The number of ether oxygens (including phenoxy) is 1. The first-order chi connectivity index (χ1) is 13.6. The summed E-state index contributed by atoms with van der Waals surface area (Å²) in [6.45, 7) is 9.98. The molecule has 0 saturated heterocycles. The maximum Gasteiger partial charge on any atom is 0.194 e. The van der Waals surface area contributed by atoms with Gasteiger partial charge in [0.15, 0.2) is 11.8 Å². The van der Waals surface area contributed by atoms with Crippen LogP contribution in [0.15, 0.2) is 29.4 Å². The molecule has 1 aliphatic rings. The number of pyridine rings is 1. The summed E-state index contributed by atoms with van der Waals surface area (Å²) < 4.78 is 7.61. The molecular weight excluding hydrogens is 479 g/mol. The molecule has 2 heterocycles. The number of aryl methyl sites for hydroxylation is 2. The minimum Gasteiger partial charge on any atom is -0.379 e. The smallest absolute Gasteiger partial charge is 0.194 e. The van der Waals surface area contributed by atoms with Crippen molar-refractivity contribution in [2.45, 2.75) is 40.2 Å². The van der Waals surface area contributed by atoms with Crippen LogP contribution in [0.3, 0.4) is 0 Å². The summed E-state index contributed by atoms with van der Waals surface area (Å²) in [6, 6.07) is 6.10. The summed E-state index contributed by atoms with van der Waals surface area (Å²) in [5.74, 6) is 2.52. The van der Waals surface area contributed by atoms with Crippen molar-refractivity contribution in [3.05, 3.63) is 41.3 Å². The van der Waals surface area contributed by atoms with Crippen LogP contribution in [0.4, 0.5) is 0 Å². The molecule has 1 fully saturated rings. The second kappa shape index (κ2) is 11.5. The van der Waals surface area contributed by atoms with Gasteiger partial charge in [-0.25, -0.2) is 14.7 Å². The molecule has 0 bridgehead atoms. The van der Waals surface area contributed by atoms with Crippen LogP contribution in [0.1, 0.15) is 36.7 Å². The molecule has 0 radical (unpaired) electrons. The van der Waals surface area contributed by atoms with Gasteiger partial charge in [0.25, 0.3) is 0 Å². The molecule has 160 valence electrons. The normalized spacial score (nSPS) is 13.9. The molecule has 0 atom stereocenters. The number of nitrogens with one attached hydrogen (secondary N) is 1. The average molecular weight is 512 g/mol. The summed E-state index contributed by atoms with van der Waals surface area (Å²) >= 11 is 0. The number of likely N-dealkylation sites (N-methyl/N-ethyl adjacent to an activating group) is 1. The molecule has 2 aromatic rings. The van der Waals surface area contributed by atoms with Crippen molar-refractivity contribution in [2.75, 3.05) is 33.4 Å². The van der Waals surface area contributed by atoms with Gasteiger partial charge in [0.1, 0.15) is 0 Å². The van der Waals surface area contributed by atoms with Crippen LogP contribution in [0.25, 0.3) is 5.82 Å².